The molecular formula is C20H16F3NO5. The minimum Gasteiger partial charge on any atom is -0.460 e. The Morgan fingerprint density at radius 3 is 2.07 bits per heavy atom. The Bertz CT molecular complexity index is 889. The SMILES string of the molecule is O=C(OCCN1C(=O)c2ccccc2C1=O)c1ccc(COCC(F)(F)F)cc1. The van der Waals surface area contributed by atoms with Gasteiger partial charge in [-0.2, -0.15) is 13.2 Å². The van der Waals surface area contributed by atoms with E-state index >= 15 is 0 Å². The molecule has 29 heavy (non-hydrogen) atoms. The van der Waals surface area contributed by atoms with E-state index in [1.807, 2.05) is 0 Å². The number of fused-ring (bicyclic) bond motifs is 1. The van der Waals surface area contributed by atoms with Crippen molar-refractivity contribution in [2.24, 2.45) is 0 Å². The van der Waals surface area contributed by atoms with Crippen LogP contribution in [-0.2, 0) is 16.1 Å². The smallest absolute Gasteiger partial charge is 0.411 e. The van der Waals surface area contributed by atoms with Gasteiger partial charge in [0.1, 0.15) is 13.2 Å². The number of esters is 1. The lowest BCUT2D eigenvalue weighted by atomic mass is 10.1. The molecule has 2 aromatic rings. The number of halogens is 3. The first-order chi connectivity index (χ1) is 13.8. The van der Waals surface area contributed by atoms with Crippen LogP contribution in [-0.4, -0.2) is 48.6 Å². The Morgan fingerprint density at radius 1 is 0.931 bits per heavy atom. The van der Waals surface area contributed by atoms with E-state index in [9.17, 15) is 27.6 Å². The van der Waals surface area contributed by atoms with Crippen molar-refractivity contribution in [3.63, 3.8) is 0 Å². The maximum absolute atomic E-state index is 12.2. The number of hydrogen-bond donors (Lipinski definition) is 0. The summed E-state index contributed by atoms with van der Waals surface area (Å²) >= 11 is 0. The maximum Gasteiger partial charge on any atom is 0.411 e. The topological polar surface area (TPSA) is 72.9 Å². The summed E-state index contributed by atoms with van der Waals surface area (Å²) in [5.41, 5.74) is 1.28. The van der Waals surface area contributed by atoms with Crippen LogP contribution in [0.4, 0.5) is 13.2 Å². The molecule has 0 N–H and O–H groups in total. The lowest BCUT2D eigenvalue weighted by Crippen LogP contribution is -2.33. The van der Waals surface area contributed by atoms with E-state index in [1.54, 1.807) is 24.3 Å². The van der Waals surface area contributed by atoms with Gasteiger partial charge in [-0.1, -0.05) is 24.3 Å². The fourth-order valence-electron chi connectivity index (χ4n) is 2.78. The Hall–Kier alpha value is -3.20. The highest BCUT2D eigenvalue weighted by molar-refractivity contribution is 6.21. The number of benzene rings is 2. The minimum atomic E-state index is -4.40. The number of amides is 2. The number of ether oxygens (including phenoxy) is 2. The molecule has 2 amide bonds. The molecule has 9 heteroatoms. The molecular weight excluding hydrogens is 391 g/mol. The molecule has 2 aromatic carbocycles. The normalized spacial score (nSPS) is 13.6. The number of hydrogen-bond acceptors (Lipinski definition) is 5. The number of nitrogens with zero attached hydrogens (tertiary/aromatic N) is 1. The first-order valence-corrected chi connectivity index (χ1v) is 8.62. The van der Waals surface area contributed by atoms with Gasteiger partial charge in [-0.3, -0.25) is 14.5 Å². The van der Waals surface area contributed by atoms with Gasteiger partial charge in [0.05, 0.1) is 29.8 Å². The molecule has 0 saturated heterocycles. The molecule has 6 nitrogen and oxygen atoms in total. The van der Waals surface area contributed by atoms with Crippen molar-refractivity contribution in [2.75, 3.05) is 19.8 Å². The van der Waals surface area contributed by atoms with Crippen LogP contribution in [0.3, 0.4) is 0 Å². The predicted octanol–water partition coefficient (Wildman–Crippen LogP) is 3.22. The second kappa shape index (κ2) is 8.44. The summed E-state index contributed by atoms with van der Waals surface area (Å²) in [5.74, 6) is -1.56. The fraction of sp³-hybridized carbons (Fsp3) is 0.250. The summed E-state index contributed by atoms with van der Waals surface area (Å²) in [5, 5.41) is 0. The zero-order valence-corrected chi connectivity index (χ0v) is 15.1. The van der Waals surface area contributed by atoms with Crippen molar-refractivity contribution >= 4 is 17.8 Å². The molecule has 0 aromatic heterocycles. The van der Waals surface area contributed by atoms with Gasteiger partial charge in [-0.25, -0.2) is 4.79 Å². The van der Waals surface area contributed by atoms with Gasteiger partial charge >= 0.3 is 12.1 Å². The van der Waals surface area contributed by atoms with Crippen molar-refractivity contribution in [3.05, 3.63) is 70.8 Å². The molecule has 3 rings (SSSR count). The first kappa shape index (κ1) is 20.5. The highest BCUT2D eigenvalue weighted by Gasteiger charge is 2.34. The third-order valence-corrected chi connectivity index (χ3v) is 4.15. The predicted molar refractivity (Wildman–Crippen MR) is 94.2 cm³/mol. The van der Waals surface area contributed by atoms with Crippen LogP contribution in [0.2, 0.25) is 0 Å². The van der Waals surface area contributed by atoms with Crippen LogP contribution >= 0.6 is 0 Å². The molecule has 0 radical (unpaired) electrons. The molecule has 0 bridgehead atoms. The van der Waals surface area contributed by atoms with Crippen molar-refractivity contribution in [2.45, 2.75) is 12.8 Å². The van der Waals surface area contributed by atoms with Crippen LogP contribution < -0.4 is 0 Å². The summed E-state index contributed by atoms with van der Waals surface area (Å²) in [4.78, 5) is 37.5. The van der Waals surface area contributed by atoms with Gasteiger partial charge in [0.2, 0.25) is 0 Å². The van der Waals surface area contributed by atoms with Crippen LogP contribution in [0.25, 0.3) is 0 Å². The summed E-state index contributed by atoms with van der Waals surface area (Å²) in [7, 11) is 0. The van der Waals surface area contributed by atoms with Crippen molar-refractivity contribution in [1.29, 1.82) is 0 Å². The molecule has 0 saturated carbocycles. The average molecular weight is 407 g/mol. The summed E-state index contributed by atoms with van der Waals surface area (Å²) in [6.07, 6.45) is -4.40. The van der Waals surface area contributed by atoms with E-state index in [-0.39, 0.29) is 25.3 Å². The molecule has 0 atom stereocenters. The molecule has 152 valence electrons. The molecule has 1 heterocycles. The van der Waals surface area contributed by atoms with Gasteiger partial charge in [0, 0.05) is 0 Å². The molecule has 0 spiro atoms. The largest absolute Gasteiger partial charge is 0.460 e. The van der Waals surface area contributed by atoms with E-state index in [4.69, 9.17) is 4.74 Å². The van der Waals surface area contributed by atoms with Crippen LogP contribution in [0.5, 0.6) is 0 Å². The molecule has 1 aliphatic heterocycles. The summed E-state index contributed by atoms with van der Waals surface area (Å²) in [6.45, 7) is -1.86. The molecule has 1 aliphatic rings. The highest BCUT2D eigenvalue weighted by Crippen LogP contribution is 2.22. The van der Waals surface area contributed by atoms with Gasteiger partial charge in [0.25, 0.3) is 11.8 Å². The van der Waals surface area contributed by atoms with Crippen LogP contribution in [0.1, 0.15) is 36.6 Å². The van der Waals surface area contributed by atoms with Gasteiger partial charge < -0.3 is 9.47 Å². The molecule has 0 fully saturated rings. The highest BCUT2D eigenvalue weighted by atomic mass is 19.4. The summed E-state index contributed by atoms with van der Waals surface area (Å²) < 4.78 is 45.8. The van der Waals surface area contributed by atoms with E-state index < -0.39 is 30.6 Å². The van der Waals surface area contributed by atoms with Crippen LogP contribution in [0, 0.1) is 0 Å². The van der Waals surface area contributed by atoms with Crippen molar-refractivity contribution < 1.29 is 37.0 Å². The lowest BCUT2D eigenvalue weighted by molar-refractivity contribution is -0.176. The van der Waals surface area contributed by atoms with E-state index in [2.05, 4.69) is 4.74 Å². The van der Waals surface area contributed by atoms with Gasteiger partial charge in [0.15, 0.2) is 0 Å². The molecule has 0 unspecified atom stereocenters. The monoisotopic (exact) mass is 407 g/mol. The second-order valence-corrected chi connectivity index (χ2v) is 6.25. The van der Waals surface area contributed by atoms with Crippen LogP contribution in [0.15, 0.2) is 48.5 Å². The Kier molecular flexibility index (Phi) is 5.97. The average Bonchev–Trinajstić information content (AvgIpc) is 2.92. The number of imide groups is 1. The zero-order valence-electron chi connectivity index (χ0n) is 15.1. The first-order valence-electron chi connectivity index (χ1n) is 8.62. The van der Waals surface area contributed by atoms with Crippen molar-refractivity contribution in [3.8, 4) is 0 Å². The number of carbonyl (C=O) groups excluding carboxylic acids is 3. The van der Waals surface area contributed by atoms with Gasteiger partial charge in [-0.15, -0.1) is 0 Å². The number of alkyl halides is 3. The molecule has 0 aliphatic carbocycles. The van der Waals surface area contributed by atoms with E-state index in [0.717, 1.165) is 4.90 Å². The van der Waals surface area contributed by atoms with Gasteiger partial charge in [-0.05, 0) is 29.8 Å². The Balaban J connectivity index is 1.48. The second-order valence-electron chi connectivity index (χ2n) is 6.25. The van der Waals surface area contributed by atoms with Crippen molar-refractivity contribution in [1.82, 2.24) is 4.90 Å². The fourth-order valence-corrected chi connectivity index (χ4v) is 2.78. The quantitative estimate of drug-likeness (QED) is 0.521. The third kappa shape index (κ3) is 5.00. The minimum absolute atomic E-state index is 0.0819. The Labute approximate surface area is 163 Å². The standard InChI is InChI=1S/C20H16F3NO5/c21-20(22,23)12-28-11-13-5-7-14(8-6-13)19(27)29-10-9-24-17(25)15-3-1-2-4-16(15)18(24)26/h1-8H,9-12H2. The number of rotatable bonds is 7. The lowest BCUT2D eigenvalue weighted by Gasteiger charge is -2.14. The third-order valence-electron chi connectivity index (χ3n) is 4.15. The summed E-state index contributed by atoms with van der Waals surface area (Å²) in [6, 6.07) is 12.1. The number of carbonyl (C=O) groups is 3. The van der Waals surface area contributed by atoms with E-state index in [1.165, 1.54) is 24.3 Å². The van der Waals surface area contributed by atoms with E-state index in [0.29, 0.717) is 16.7 Å². The zero-order chi connectivity index (χ0) is 21.0. The maximum atomic E-state index is 12.2. The Morgan fingerprint density at radius 2 is 1.52 bits per heavy atom.